The summed E-state index contributed by atoms with van der Waals surface area (Å²) in [6, 6.07) is -0.201. The molecule has 0 bridgehead atoms. The van der Waals surface area contributed by atoms with E-state index in [0.717, 1.165) is 10.8 Å². The number of thiazole rings is 1. The molecule has 0 aromatic carbocycles. The van der Waals surface area contributed by atoms with Crippen LogP contribution in [0.2, 0.25) is 0 Å². The third kappa shape index (κ3) is 7.63. The summed E-state index contributed by atoms with van der Waals surface area (Å²) in [7, 11) is 5.66. The Balaban J connectivity index is 0.00000480. The number of aliphatic imine (C=N–C) groups is 1. The van der Waals surface area contributed by atoms with Gasteiger partial charge in [-0.2, -0.15) is 0 Å². The van der Waals surface area contributed by atoms with E-state index in [4.69, 9.17) is 9.47 Å². The fraction of sp³-hybridized carbons (Fsp3) is 0.750. The third-order valence-corrected chi connectivity index (χ3v) is 5.64. The number of guanidine groups is 1. The average molecular weight is 569 g/mol. The van der Waals surface area contributed by atoms with E-state index in [1.165, 1.54) is 0 Å². The van der Waals surface area contributed by atoms with Crippen LogP contribution in [0, 0.1) is 0 Å². The fourth-order valence-electron chi connectivity index (χ4n) is 3.30. The molecule has 2 N–H and O–H groups in total. The van der Waals surface area contributed by atoms with Crippen molar-refractivity contribution < 1.29 is 14.3 Å². The van der Waals surface area contributed by atoms with Crippen LogP contribution in [0.3, 0.4) is 0 Å². The first-order valence-corrected chi connectivity index (χ1v) is 11.0. The lowest BCUT2D eigenvalue weighted by molar-refractivity contribution is -0.0755. The zero-order chi connectivity index (χ0) is 22.7. The van der Waals surface area contributed by atoms with Gasteiger partial charge in [-0.15, -0.1) is 35.3 Å². The molecule has 0 saturated carbocycles. The zero-order valence-electron chi connectivity index (χ0n) is 20.0. The molecule has 2 atom stereocenters. The van der Waals surface area contributed by atoms with E-state index in [1.807, 2.05) is 65.9 Å². The van der Waals surface area contributed by atoms with Gasteiger partial charge in [0.25, 0.3) is 0 Å². The number of amides is 1. The molecular formula is C20H37IN6O3S. The van der Waals surface area contributed by atoms with Crippen LogP contribution in [-0.4, -0.2) is 73.1 Å². The summed E-state index contributed by atoms with van der Waals surface area (Å²) in [5.74, 6) is 0.635. The molecule has 1 aromatic heterocycles. The van der Waals surface area contributed by atoms with Crippen LogP contribution in [0.5, 0.6) is 0 Å². The summed E-state index contributed by atoms with van der Waals surface area (Å²) < 4.78 is 11.7. The molecule has 1 aliphatic heterocycles. The molecule has 1 amide bonds. The van der Waals surface area contributed by atoms with Crippen molar-refractivity contribution in [2.45, 2.75) is 71.6 Å². The second-order valence-corrected chi connectivity index (χ2v) is 9.85. The number of hydrogen-bond donors (Lipinski definition) is 2. The van der Waals surface area contributed by atoms with Crippen molar-refractivity contribution in [2.24, 2.45) is 4.99 Å². The van der Waals surface area contributed by atoms with Gasteiger partial charge in [0.15, 0.2) is 11.1 Å². The van der Waals surface area contributed by atoms with Crippen molar-refractivity contribution in [3.05, 3.63) is 11.1 Å². The summed E-state index contributed by atoms with van der Waals surface area (Å²) >= 11 is 1.60. The second-order valence-electron chi connectivity index (χ2n) is 9.01. The largest absolute Gasteiger partial charge is 0.444 e. The quantitative estimate of drug-likeness (QED) is 0.320. The number of anilines is 1. The molecule has 178 valence electrons. The lowest BCUT2D eigenvalue weighted by Crippen LogP contribution is -2.54. The minimum Gasteiger partial charge on any atom is -0.444 e. The molecule has 0 aliphatic carbocycles. The monoisotopic (exact) mass is 568 g/mol. The Labute approximate surface area is 207 Å². The van der Waals surface area contributed by atoms with E-state index in [2.05, 4.69) is 20.6 Å². The first kappa shape index (κ1) is 27.7. The highest BCUT2D eigenvalue weighted by Crippen LogP contribution is 2.33. The molecule has 31 heavy (non-hydrogen) atoms. The standard InChI is InChI=1S/C20H36N6O3S.HI/c1-13-15(26(20(5,6)28-13)18(27)29-19(2,3)4)11-23-16(21-7)22-10-14-12-30-17(24-14)25(8)9;/h12-13,15H,10-11H2,1-9H3,(H2,21,22,23);1H. The van der Waals surface area contributed by atoms with E-state index < -0.39 is 11.3 Å². The Morgan fingerprint density at radius 1 is 1.39 bits per heavy atom. The number of carbonyl (C=O) groups excluding carboxylic acids is 1. The van der Waals surface area contributed by atoms with Gasteiger partial charge in [-0.3, -0.25) is 9.89 Å². The predicted molar refractivity (Wildman–Crippen MR) is 137 cm³/mol. The van der Waals surface area contributed by atoms with E-state index in [9.17, 15) is 4.79 Å². The Morgan fingerprint density at radius 3 is 2.55 bits per heavy atom. The first-order valence-electron chi connectivity index (χ1n) is 10.1. The Kier molecular flexibility index (Phi) is 9.82. The molecule has 2 rings (SSSR count). The van der Waals surface area contributed by atoms with Crippen molar-refractivity contribution in [2.75, 3.05) is 32.6 Å². The van der Waals surface area contributed by atoms with Crippen LogP contribution < -0.4 is 15.5 Å². The van der Waals surface area contributed by atoms with E-state index in [0.29, 0.717) is 19.0 Å². The highest BCUT2D eigenvalue weighted by Gasteiger charge is 2.49. The van der Waals surface area contributed by atoms with Gasteiger partial charge in [0.05, 0.1) is 24.4 Å². The number of aromatic nitrogens is 1. The van der Waals surface area contributed by atoms with Gasteiger partial charge in [0.2, 0.25) is 0 Å². The minimum atomic E-state index is -0.756. The van der Waals surface area contributed by atoms with Gasteiger partial charge in [0, 0.05) is 33.1 Å². The number of ether oxygens (including phenoxy) is 2. The predicted octanol–water partition coefficient (Wildman–Crippen LogP) is 3.25. The Bertz CT molecular complexity index is 762. The van der Waals surface area contributed by atoms with Crippen LogP contribution >= 0.6 is 35.3 Å². The SMILES string of the molecule is CN=C(NCc1csc(N(C)C)n1)NCC1C(C)OC(C)(C)N1C(=O)OC(C)(C)C.I. The lowest BCUT2D eigenvalue weighted by atomic mass is 10.1. The van der Waals surface area contributed by atoms with Crippen molar-refractivity contribution in [3.63, 3.8) is 0 Å². The molecule has 9 nitrogen and oxygen atoms in total. The topological polar surface area (TPSA) is 91.3 Å². The van der Waals surface area contributed by atoms with Crippen molar-refractivity contribution >= 4 is 52.5 Å². The van der Waals surface area contributed by atoms with E-state index in [1.54, 1.807) is 23.3 Å². The molecule has 2 heterocycles. The number of rotatable bonds is 5. The maximum absolute atomic E-state index is 12.9. The first-order chi connectivity index (χ1) is 13.8. The van der Waals surface area contributed by atoms with Crippen molar-refractivity contribution in [3.8, 4) is 0 Å². The summed E-state index contributed by atoms with van der Waals surface area (Å²) in [4.78, 5) is 25.4. The summed E-state index contributed by atoms with van der Waals surface area (Å²) in [6.07, 6.45) is -0.537. The number of halogens is 1. The summed E-state index contributed by atoms with van der Waals surface area (Å²) in [6.45, 7) is 12.3. The van der Waals surface area contributed by atoms with Gasteiger partial charge in [-0.25, -0.2) is 9.78 Å². The molecule has 0 spiro atoms. The highest BCUT2D eigenvalue weighted by atomic mass is 127. The van der Waals surface area contributed by atoms with Crippen LogP contribution in [0.15, 0.2) is 10.4 Å². The number of nitrogens with one attached hydrogen (secondary N) is 2. The number of carbonyl (C=O) groups is 1. The molecule has 1 aliphatic rings. The van der Waals surface area contributed by atoms with Gasteiger partial charge < -0.3 is 25.0 Å². The maximum Gasteiger partial charge on any atom is 0.412 e. The maximum atomic E-state index is 12.9. The third-order valence-electron chi connectivity index (χ3n) is 4.58. The van der Waals surface area contributed by atoms with Gasteiger partial charge in [-0.1, -0.05) is 0 Å². The average Bonchev–Trinajstić information content (AvgIpc) is 3.15. The smallest absolute Gasteiger partial charge is 0.412 e. The normalized spacial score (nSPS) is 20.8. The molecule has 1 saturated heterocycles. The molecular weight excluding hydrogens is 531 g/mol. The molecule has 11 heteroatoms. The zero-order valence-corrected chi connectivity index (χ0v) is 23.1. The van der Waals surface area contributed by atoms with Crippen LogP contribution in [0.25, 0.3) is 0 Å². The van der Waals surface area contributed by atoms with Gasteiger partial charge >= 0.3 is 6.09 Å². The molecule has 1 aromatic rings. The van der Waals surface area contributed by atoms with Crippen LogP contribution in [0.4, 0.5) is 9.93 Å². The number of nitrogens with zero attached hydrogens (tertiary/aromatic N) is 4. The van der Waals surface area contributed by atoms with Crippen LogP contribution in [0.1, 0.15) is 47.2 Å². The summed E-state index contributed by atoms with van der Waals surface area (Å²) in [5, 5.41) is 9.55. The van der Waals surface area contributed by atoms with E-state index >= 15 is 0 Å². The Morgan fingerprint density at radius 2 is 2.03 bits per heavy atom. The van der Waals surface area contributed by atoms with Crippen molar-refractivity contribution in [1.29, 1.82) is 0 Å². The molecule has 2 unspecified atom stereocenters. The second kappa shape index (κ2) is 11.0. The van der Waals surface area contributed by atoms with Gasteiger partial charge in [-0.05, 0) is 41.5 Å². The van der Waals surface area contributed by atoms with Gasteiger partial charge in [0.1, 0.15) is 11.3 Å². The van der Waals surface area contributed by atoms with Crippen molar-refractivity contribution in [1.82, 2.24) is 20.5 Å². The minimum absolute atomic E-state index is 0. The lowest BCUT2D eigenvalue weighted by Gasteiger charge is -2.35. The van der Waals surface area contributed by atoms with E-state index in [-0.39, 0.29) is 42.2 Å². The van der Waals surface area contributed by atoms with Crippen LogP contribution in [-0.2, 0) is 16.0 Å². The highest BCUT2D eigenvalue weighted by molar-refractivity contribution is 14.0. The number of hydrogen-bond acceptors (Lipinski definition) is 7. The fourth-order valence-corrected chi connectivity index (χ4v) is 4.06. The molecule has 0 radical (unpaired) electrons. The molecule has 1 fully saturated rings. The summed E-state index contributed by atoms with van der Waals surface area (Å²) in [5.41, 5.74) is -0.386. The Hall–Kier alpha value is -1.34.